The number of benzene rings is 1. The SMILES string of the molecule is C=CCC(C)(O)c1ccc(Br)cc1Cl. The Balaban J connectivity index is 3.12. The normalized spacial score (nSPS) is 14.9. The number of rotatable bonds is 3. The summed E-state index contributed by atoms with van der Waals surface area (Å²) >= 11 is 9.34. The van der Waals surface area contributed by atoms with Gasteiger partial charge in [0.05, 0.1) is 5.60 Å². The van der Waals surface area contributed by atoms with E-state index in [-0.39, 0.29) is 0 Å². The van der Waals surface area contributed by atoms with Crippen LogP contribution in [0.25, 0.3) is 0 Å². The highest BCUT2D eigenvalue weighted by Gasteiger charge is 2.23. The summed E-state index contributed by atoms with van der Waals surface area (Å²) in [6.45, 7) is 5.33. The first kappa shape index (κ1) is 11.8. The average molecular weight is 276 g/mol. The molecule has 1 unspecified atom stereocenters. The lowest BCUT2D eigenvalue weighted by Crippen LogP contribution is -2.20. The fourth-order valence-electron chi connectivity index (χ4n) is 1.32. The van der Waals surface area contributed by atoms with Gasteiger partial charge in [-0.05, 0) is 25.5 Å². The van der Waals surface area contributed by atoms with Crippen molar-refractivity contribution in [1.82, 2.24) is 0 Å². The van der Waals surface area contributed by atoms with E-state index in [4.69, 9.17) is 11.6 Å². The molecule has 1 N–H and O–H groups in total. The predicted molar refractivity (Wildman–Crippen MR) is 63.5 cm³/mol. The minimum Gasteiger partial charge on any atom is -0.385 e. The first-order valence-electron chi connectivity index (χ1n) is 4.26. The molecular formula is C11H12BrClO. The molecule has 1 atom stereocenters. The maximum atomic E-state index is 10.1. The maximum Gasteiger partial charge on any atom is 0.0917 e. The van der Waals surface area contributed by atoms with Gasteiger partial charge in [-0.25, -0.2) is 0 Å². The Bertz CT molecular complexity index is 347. The molecule has 0 heterocycles. The van der Waals surface area contributed by atoms with E-state index >= 15 is 0 Å². The van der Waals surface area contributed by atoms with Crippen LogP contribution in [0.2, 0.25) is 5.02 Å². The molecule has 0 radical (unpaired) electrons. The summed E-state index contributed by atoms with van der Waals surface area (Å²) in [5, 5.41) is 10.6. The van der Waals surface area contributed by atoms with Crippen molar-refractivity contribution >= 4 is 27.5 Å². The quantitative estimate of drug-likeness (QED) is 0.830. The van der Waals surface area contributed by atoms with E-state index in [9.17, 15) is 5.11 Å². The van der Waals surface area contributed by atoms with Crippen LogP contribution < -0.4 is 0 Å². The third-order valence-corrected chi connectivity index (χ3v) is 2.86. The van der Waals surface area contributed by atoms with Crippen LogP contribution in [-0.4, -0.2) is 5.11 Å². The molecule has 0 aliphatic heterocycles. The Kier molecular flexibility index (Phi) is 3.76. The van der Waals surface area contributed by atoms with Crippen molar-refractivity contribution < 1.29 is 5.11 Å². The fourth-order valence-corrected chi connectivity index (χ4v) is 2.19. The molecule has 14 heavy (non-hydrogen) atoms. The Morgan fingerprint density at radius 2 is 2.29 bits per heavy atom. The molecule has 1 aromatic carbocycles. The van der Waals surface area contributed by atoms with E-state index in [2.05, 4.69) is 22.5 Å². The zero-order valence-corrected chi connectivity index (χ0v) is 10.3. The Morgan fingerprint density at radius 1 is 1.64 bits per heavy atom. The predicted octanol–water partition coefficient (Wildman–Crippen LogP) is 3.89. The first-order valence-corrected chi connectivity index (χ1v) is 5.43. The monoisotopic (exact) mass is 274 g/mol. The summed E-state index contributed by atoms with van der Waals surface area (Å²) in [6.07, 6.45) is 2.16. The van der Waals surface area contributed by atoms with Crippen molar-refractivity contribution in [3.05, 3.63) is 45.9 Å². The van der Waals surface area contributed by atoms with Gasteiger partial charge in [0.25, 0.3) is 0 Å². The van der Waals surface area contributed by atoms with Crippen LogP contribution in [0.1, 0.15) is 18.9 Å². The Hall–Kier alpha value is -0.310. The average Bonchev–Trinajstić information content (AvgIpc) is 2.02. The third kappa shape index (κ3) is 2.59. The molecule has 0 bridgehead atoms. The van der Waals surface area contributed by atoms with Crippen molar-refractivity contribution in [2.75, 3.05) is 0 Å². The van der Waals surface area contributed by atoms with Gasteiger partial charge in [0, 0.05) is 15.1 Å². The number of hydrogen-bond acceptors (Lipinski definition) is 1. The number of aliphatic hydroxyl groups is 1. The molecule has 0 aliphatic carbocycles. The van der Waals surface area contributed by atoms with Crippen LogP contribution >= 0.6 is 27.5 Å². The summed E-state index contributed by atoms with van der Waals surface area (Å²) in [5.41, 5.74) is -0.221. The smallest absolute Gasteiger partial charge is 0.0917 e. The van der Waals surface area contributed by atoms with Crippen molar-refractivity contribution in [3.8, 4) is 0 Å². The zero-order chi connectivity index (χ0) is 10.8. The van der Waals surface area contributed by atoms with Crippen molar-refractivity contribution in [2.45, 2.75) is 18.9 Å². The van der Waals surface area contributed by atoms with E-state index in [1.165, 1.54) is 0 Å². The van der Waals surface area contributed by atoms with E-state index in [0.717, 1.165) is 10.0 Å². The number of halogens is 2. The van der Waals surface area contributed by atoms with Gasteiger partial charge < -0.3 is 5.11 Å². The van der Waals surface area contributed by atoms with Gasteiger partial charge in [-0.3, -0.25) is 0 Å². The van der Waals surface area contributed by atoms with Gasteiger partial charge in [-0.2, -0.15) is 0 Å². The van der Waals surface area contributed by atoms with Crippen LogP contribution in [0.5, 0.6) is 0 Å². The van der Waals surface area contributed by atoms with Gasteiger partial charge >= 0.3 is 0 Å². The highest BCUT2D eigenvalue weighted by Crippen LogP contribution is 2.32. The molecule has 0 saturated heterocycles. The van der Waals surface area contributed by atoms with Gasteiger partial charge in [-0.1, -0.05) is 39.7 Å². The van der Waals surface area contributed by atoms with Crippen LogP contribution in [0.4, 0.5) is 0 Å². The molecule has 0 fully saturated rings. The summed E-state index contributed by atoms with van der Waals surface area (Å²) in [7, 11) is 0. The van der Waals surface area contributed by atoms with E-state index < -0.39 is 5.60 Å². The molecule has 0 aliphatic rings. The molecule has 1 rings (SSSR count). The molecule has 0 aromatic heterocycles. The minimum absolute atomic E-state index is 0.481. The second kappa shape index (κ2) is 4.47. The second-order valence-electron chi connectivity index (χ2n) is 3.39. The molecule has 0 amide bonds. The molecule has 1 aromatic rings. The Morgan fingerprint density at radius 3 is 2.79 bits per heavy atom. The lowest BCUT2D eigenvalue weighted by molar-refractivity contribution is 0.0607. The van der Waals surface area contributed by atoms with Gasteiger partial charge in [0.1, 0.15) is 0 Å². The lowest BCUT2D eigenvalue weighted by atomic mass is 9.93. The second-order valence-corrected chi connectivity index (χ2v) is 4.71. The van der Waals surface area contributed by atoms with Crippen molar-refractivity contribution in [3.63, 3.8) is 0 Å². The van der Waals surface area contributed by atoms with Gasteiger partial charge in [0.2, 0.25) is 0 Å². The zero-order valence-electron chi connectivity index (χ0n) is 7.93. The summed E-state index contributed by atoms with van der Waals surface area (Å²) < 4.78 is 0.903. The van der Waals surface area contributed by atoms with E-state index in [1.54, 1.807) is 19.1 Å². The molecule has 0 spiro atoms. The highest BCUT2D eigenvalue weighted by atomic mass is 79.9. The molecule has 1 nitrogen and oxygen atoms in total. The summed E-state index contributed by atoms with van der Waals surface area (Å²) in [4.78, 5) is 0. The first-order chi connectivity index (χ1) is 6.47. The maximum absolute atomic E-state index is 10.1. The molecule has 76 valence electrons. The van der Waals surface area contributed by atoms with Crippen LogP contribution in [0.3, 0.4) is 0 Å². The summed E-state index contributed by atoms with van der Waals surface area (Å²) in [6, 6.07) is 5.45. The third-order valence-electron chi connectivity index (χ3n) is 2.05. The van der Waals surface area contributed by atoms with Crippen LogP contribution in [0.15, 0.2) is 35.3 Å². The lowest BCUT2D eigenvalue weighted by Gasteiger charge is -2.23. The molecular weight excluding hydrogens is 263 g/mol. The van der Waals surface area contributed by atoms with Gasteiger partial charge in [-0.15, -0.1) is 6.58 Å². The van der Waals surface area contributed by atoms with Crippen molar-refractivity contribution in [1.29, 1.82) is 0 Å². The van der Waals surface area contributed by atoms with Gasteiger partial charge in [0.15, 0.2) is 0 Å². The van der Waals surface area contributed by atoms with Crippen LogP contribution in [0, 0.1) is 0 Å². The van der Waals surface area contributed by atoms with Crippen LogP contribution in [-0.2, 0) is 5.60 Å². The molecule has 3 heteroatoms. The fraction of sp³-hybridized carbons (Fsp3) is 0.273. The Labute approximate surface area is 97.5 Å². The minimum atomic E-state index is -0.945. The van der Waals surface area contributed by atoms with Crippen molar-refractivity contribution in [2.24, 2.45) is 0 Å². The standard InChI is InChI=1S/C11H12BrClO/c1-3-6-11(2,14)9-5-4-8(12)7-10(9)13/h3-5,7,14H,1,6H2,2H3. The highest BCUT2D eigenvalue weighted by molar-refractivity contribution is 9.10. The topological polar surface area (TPSA) is 20.2 Å². The summed E-state index contributed by atoms with van der Waals surface area (Å²) in [5.74, 6) is 0. The largest absolute Gasteiger partial charge is 0.385 e. The molecule has 0 saturated carbocycles. The van der Waals surface area contributed by atoms with E-state index in [0.29, 0.717) is 11.4 Å². The van der Waals surface area contributed by atoms with E-state index in [1.807, 2.05) is 12.1 Å². The number of hydrogen-bond donors (Lipinski definition) is 1.